The molecule has 0 atom stereocenters. The molecular formula is C15H20N2O4S. The summed E-state index contributed by atoms with van der Waals surface area (Å²) in [6.07, 6.45) is 2.67. The van der Waals surface area contributed by atoms with Crippen molar-refractivity contribution in [3.8, 4) is 0 Å². The number of piperazine rings is 1. The van der Waals surface area contributed by atoms with E-state index in [1.54, 1.807) is 6.07 Å². The molecule has 1 amide bonds. The predicted molar refractivity (Wildman–Crippen MR) is 81.2 cm³/mol. The molecule has 0 bridgehead atoms. The number of carbonyl (C=O) groups excluding carboxylic acids is 1. The van der Waals surface area contributed by atoms with Crippen LogP contribution in [0.25, 0.3) is 0 Å². The number of aryl methyl sites for hydroxylation is 2. The van der Waals surface area contributed by atoms with Crippen LogP contribution >= 0.6 is 0 Å². The van der Waals surface area contributed by atoms with Crippen LogP contribution in [0.2, 0.25) is 0 Å². The van der Waals surface area contributed by atoms with Crippen molar-refractivity contribution in [2.75, 3.05) is 33.3 Å². The Hall–Kier alpha value is -1.60. The van der Waals surface area contributed by atoms with Gasteiger partial charge in [0.1, 0.15) is 0 Å². The Labute approximate surface area is 130 Å². The van der Waals surface area contributed by atoms with Gasteiger partial charge in [0.05, 0.1) is 12.0 Å². The van der Waals surface area contributed by atoms with Gasteiger partial charge >= 0.3 is 6.09 Å². The van der Waals surface area contributed by atoms with E-state index in [1.165, 1.54) is 21.9 Å². The summed E-state index contributed by atoms with van der Waals surface area (Å²) < 4.78 is 31.6. The van der Waals surface area contributed by atoms with Crippen molar-refractivity contribution in [3.05, 3.63) is 29.3 Å². The summed E-state index contributed by atoms with van der Waals surface area (Å²) in [7, 11) is -2.16. The average Bonchev–Trinajstić information content (AvgIpc) is 3.01. The van der Waals surface area contributed by atoms with Crippen molar-refractivity contribution in [2.45, 2.75) is 24.2 Å². The van der Waals surface area contributed by atoms with E-state index in [9.17, 15) is 13.2 Å². The van der Waals surface area contributed by atoms with Crippen LogP contribution in [0.3, 0.4) is 0 Å². The first-order valence-corrected chi connectivity index (χ1v) is 8.91. The lowest BCUT2D eigenvalue weighted by atomic mass is 10.1. The summed E-state index contributed by atoms with van der Waals surface area (Å²) in [4.78, 5) is 13.3. The van der Waals surface area contributed by atoms with Gasteiger partial charge in [0, 0.05) is 26.2 Å². The highest BCUT2D eigenvalue weighted by atomic mass is 32.2. The Balaban J connectivity index is 1.75. The van der Waals surface area contributed by atoms with Gasteiger partial charge in [-0.15, -0.1) is 0 Å². The van der Waals surface area contributed by atoms with Crippen LogP contribution in [0.15, 0.2) is 23.1 Å². The van der Waals surface area contributed by atoms with Crippen molar-refractivity contribution in [1.82, 2.24) is 9.21 Å². The fourth-order valence-corrected chi connectivity index (χ4v) is 4.57. The third kappa shape index (κ3) is 2.70. The van der Waals surface area contributed by atoms with E-state index >= 15 is 0 Å². The van der Waals surface area contributed by atoms with Crippen LogP contribution in [0.1, 0.15) is 17.5 Å². The summed E-state index contributed by atoms with van der Waals surface area (Å²) >= 11 is 0. The number of ether oxygens (including phenoxy) is 1. The molecule has 0 radical (unpaired) electrons. The van der Waals surface area contributed by atoms with Crippen molar-refractivity contribution >= 4 is 16.1 Å². The van der Waals surface area contributed by atoms with Gasteiger partial charge in [0.15, 0.2) is 0 Å². The van der Waals surface area contributed by atoms with Crippen molar-refractivity contribution < 1.29 is 17.9 Å². The van der Waals surface area contributed by atoms with Crippen LogP contribution in [0, 0.1) is 0 Å². The SMILES string of the molecule is COC(=O)N1CCN(S(=O)(=O)c2ccc3c(c2)CCC3)CC1. The number of sulfonamides is 1. The van der Waals surface area contributed by atoms with Gasteiger partial charge in [-0.25, -0.2) is 13.2 Å². The van der Waals surface area contributed by atoms with Gasteiger partial charge < -0.3 is 9.64 Å². The van der Waals surface area contributed by atoms with E-state index in [0.717, 1.165) is 24.8 Å². The molecule has 7 heteroatoms. The predicted octanol–water partition coefficient (Wildman–Crippen LogP) is 1.25. The van der Waals surface area contributed by atoms with E-state index < -0.39 is 16.1 Å². The summed E-state index contributed by atoms with van der Waals surface area (Å²) in [6, 6.07) is 5.44. The highest BCUT2D eigenvalue weighted by molar-refractivity contribution is 7.89. The van der Waals surface area contributed by atoms with Gasteiger partial charge in [-0.3, -0.25) is 0 Å². The second-order valence-electron chi connectivity index (χ2n) is 5.65. The maximum atomic E-state index is 12.7. The van der Waals surface area contributed by atoms with Crippen LogP contribution in [-0.2, 0) is 27.6 Å². The second-order valence-corrected chi connectivity index (χ2v) is 7.58. The van der Waals surface area contributed by atoms with E-state index in [-0.39, 0.29) is 0 Å². The van der Waals surface area contributed by atoms with Crippen LogP contribution in [0.4, 0.5) is 4.79 Å². The zero-order valence-electron chi connectivity index (χ0n) is 12.6. The quantitative estimate of drug-likeness (QED) is 0.821. The first kappa shape index (κ1) is 15.3. The molecule has 0 N–H and O–H groups in total. The van der Waals surface area contributed by atoms with Gasteiger partial charge in [-0.1, -0.05) is 6.07 Å². The number of rotatable bonds is 2. The average molecular weight is 324 g/mol. The molecule has 2 aliphatic rings. The molecule has 0 aromatic heterocycles. The third-order valence-corrected chi connectivity index (χ3v) is 6.27. The minimum atomic E-state index is -3.48. The smallest absolute Gasteiger partial charge is 0.409 e. The van der Waals surface area contributed by atoms with Crippen molar-refractivity contribution in [2.24, 2.45) is 0 Å². The number of nitrogens with zero attached hydrogens (tertiary/aromatic N) is 2. The maximum Gasteiger partial charge on any atom is 0.409 e. The number of methoxy groups -OCH3 is 1. The number of carbonyl (C=O) groups is 1. The minimum absolute atomic E-state index is 0.300. The molecule has 1 aliphatic carbocycles. The zero-order valence-corrected chi connectivity index (χ0v) is 13.4. The lowest BCUT2D eigenvalue weighted by Crippen LogP contribution is -2.50. The van der Waals surface area contributed by atoms with Gasteiger partial charge in [-0.2, -0.15) is 4.31 Å². The lowest BCUT2D eigenvalue weighted by molar-refractivity contribution is 0.108. The summed E-state index contributed by atoms with van der Waals surface area (Å²) in [6.45, 7) is 1.32. The molecule has 0 saturated carbocycles. The van der Waals surface area contributed by atoms with E-state index in [2.05, 4.69) is 4.74 Å². The van der Waals surface area contributed by atoms with Gasteiger partial charge in [0.25, 0.3) is 0 Å². The number of benzene rings is 1. The molecule has 1 saturated heterocycles. The fourth-order valence-electron chi connectivity index (χ4n) is 3.10. The number of hydrogen-bond donors (Lipinski definition) is 0. The van der Waals surface area contributed by atoms with E-state index in [1.807, 2.05) is 12.1 Å². The number of amides is 1. The van der Waals surface area contributed by atoms with Crippen LogP contribution in [0.5, 0.6) is 0 Å². The molecule has 22 heavy (non-hydrogen) atoms. The Morgan fingerprint density at radius 2 is 1.77 bits per heavy atom. The van der Waals surface area contributed by atoms with E-state index in [0.29, 0.717) is 31.1 Å². The molecule has 3 rings (SSSR count). The van der Waals surface area contributed by atoms with Crippen LogP contribution in [-0.4, -0.2) is 57.0 Å². The maximum absolute atomic E-state index is 12.7. The fraction of sp³-hybridized carbons (Fsp3) is 0.533. The van der Waals surface area contributed by atoms with Gasteiger partial charge in [0.2, 0.25) is 10.0 Å². The molecule has 1 aromatic rings. The number of hydrogen-bond acceptors (Lipinski definition) is 4. The van der Waals surface area contributed by atoms with Crippen molar-refractivity contribution in [1.29, 1.82) is 0 Å². The Bertz CT molecular complexity index is 679. The third-order valence-electron chi connectivity index (χ3n) is 4.38. The Morgan fingerprint density at radius 1 is 1.09 bits per heavy atom. The lowest BCUT2D eigenvalue weighted by Gasteiger charge is -2.33. The molecule has 6 nitrogen and oxygen atoms in total. The topological polar surface area (TPSA) is 66.9 Å². The summed E-state index contributed by atoms with van der Waals surface area (Å²) in [5.74, 6) is 0. The highest BCUT2D eigenvalue weighted by Gasteiger charge is 2.31. The summed E-state index contributed by atoms with van der Waals surface area (Å²) in [5.41, 5.74) is 2.41. The molecular weight excluding hydrogens is 304 g/mol. The van der Waals surface area contributed by atoms with E-state index in [4.69, 9.17) is 0 Å². The molecule has 0 spiro atoms. The zero-order chi connectivity index (χ0) is 15.7. The summed E-state index contributed by atoms with van der Waals surface area (Å²) in [5, 5.41) is 0. The first-order chi connectivity index (χ1) is 10.5. The molecule has 1 fully saturated rings. The monoisotopic (exact) mass is 324 g/mol. The normalized spacial score (nSPS) is 19.0. The van der Waals surface area contributed by atoms with Gasteiger partial charge in [-0.05, 0) is 42.5 Å². The van der Waals surface area contributed by atoms with Crippen LogP contribution < -0.4 is 0 Å². The highest BCUT2D eigenvalue weighted by Crippen LogP contribution is 2.26. The minimum Gasteiger partial charge on any atom is -0.453 e. The largest absolute Gasteiger partial charge is 0.453 e. The Morgan fingerprint density at radius 3 is 2.45 bits per heavy atom. The second kappa shape index (κ2) is 5.89. The molecule has 0 unspecified atom stereocenters. The standard InChI is InChI=1S/C15H20N2O4S/c1-21-15(18)16-7-9-17(10-8-16)22(19,20)14-6-5-12-3-2-4-13(12)11-14/h5-6,11H,2-4,7-10H2,1H3. The first-order valence-electron chi connectivity index (χ1n) is 7.47. The molecule has 1 aromatic carbocycles. The Kier molecular flexibility index (Phi) is 4.10. The molecule has 120 valence electrons. The van der Waals surface area contributed by atoms with Crippen molar-refractivity contribution in [3.63, 3.8) is 0 Å². The molecule has 1 aliphatic heterocycles. The molecule has 1 heterocycles. The number of fused-ring (bicyclic) bond motifs is 1.